The lowest BCUT2D eigenvalue weighted by atomic mass is 9.97. The molecule has 4 nitrogen and oxygen atoms in total. The second kappa shape index (κ2) is 8.62. The highest BCUT2D eigenvalue weighted by atomic mass is 16.6. The van der Waals surface area contributed by atoms with Crippen LogP contribution in [0.5, 0.6) is 0 Å². The topological polar surface area (TPSA) is 60.4 Å². The van der Waals surface area contributed by atoms with Gasteiger partial charge in [-0.1, -0.05) is 31.8 Å². The van der Waals surface area contributed by atoms with Gasteiger partial charge in [0.1, 0.15) is 11.7 Å². The molecule has 1 aliphatic rings. The Kier molecular flexibility index (Phi) is 7.08. The number of carbonyl (C=O) groups is 3. The first kappa shape index (κ1) is 15.6. The molecule has 19 heavy (non-hydrogen) atoms. The third-order valence-electron chi connectivity index (χ3n) is 3.34. The van der Waals surface area contributed by atoms with Gasteiger partial charge in [-0.25, -0.2) is 0 Å². The van der Waals surface area contributed by atoms with E-state index in [9.17, 15) is 14.4 Å². The normalized spacial score (nSPS) is 18.4. The quantitative estimate of drug-likeness (QED) is 0.264. The summed E-state index contributed by atoms with van der Waals surface area (Å²) in [5.74, 6) is -2.23. The summed E-state index contributed by atoms with van der Waals surface area (Å²) in [6, 6.07) is 0. The van der Waals surface area contributed by atoms with Gasteiger partial charge in [0.2, 0.25) is 0 Å². The number of hydrogen-bond donors (Lipinski definition) is 0. The first-order chi connectivity index (χ1) is 9.15. The van der Waals surface area contributed by atoms with Gasteiger partial charge in [0.25, 0.3) is 0 Å². The number of cyclic esters (lactones) is 2. The number of rotatable bonds is 10. The molecule has 106 valence electrons. The summed E-state index contributed by atoms with van der Waals surface area (Å²) >= 11 is 0. The van der Waals surface area contributed by atoms with Gasteiger partial charge in [0.15, 0.2) is 0 Å². The van der Waals surface area contributed by atoms with Crippen LogP contribution in [0.15, 0.2) is 12.7 Å². The van der Waals surface area contributed by atoms with Crippen molar-refractivity contribution in [3.8, 4) is 0 Å². The van der Waals surface area contributed by atoms with E-state index in [1.165, 1.54) is 19.3 Å². The van der Waals surface area contributed by atoms with Gasteiger partial charge < -0.3 is 4.74 Å². The second-order valence-electron chi connectivity index (χ2n) is 4.96. The Balaban J connectivity index is 2.03. The molecule has 0 aromatic heterocycles. The highest BCUT2D eigenvalue weighted by molar-refractivity contribution is 6.08. The minimum atomic E-state index is -0.833. The van der Waals surface area contributed by atoms with Gasteiger partial charge in [0.05, 0.1) is 6.42 Å². The van der Waals surface area contributed by atoms with Crippen molar-refractivity contribution in [3.05, 3.63) is 12.7 Å². The molecule has 1 aliphatic heterocycles. The van der Waals surface area contributed by atoms with E-state index >= 15 is 0 Å². The van der Waals surface area contributed by atoms with Crippen molar-refractivity contribution in [1.82, 2.24) is 0 Å². The van der Waals surface area contributed by atoms with E-state index in [0.29, 0.717) is 6.42 Å². The van der Waals surface area contributed by atoms with Crippen molar-refractivity contribution in [2.75, 3.05) is 0 Å². The summed E-state index contributed by atoms with van der Waals surface area (Å²) in [4.78, 5) is 33.8. The molecule has 1 fully saturated rings. The van der Waals surface area contributed by atoms with E-state index in [0.717, 1.165) is 25.7 Å². The van der Waals surface area contributed by atoms with Gasteiger partial charge in [-0.05, 0) is 19.3 Å². The average molecular weight is 266 g/mol. The highest BCUT2D eigenvalue weighted by Crippen LogP contribution is 2.20. The Hall–Kier alpha value is -1.45. The Morgan fingerprint density at radius 1 is 1.16 bits per heavy atom. The zero-order valence-corrected chi connectivity index (χ0v) is 11.4. The van der Waals surface area contributed by atoms with Crippen molar-refractivity contribution < 1.29 is 19.1 Å². The molecule has 0 aromatic carbocycles. The molecular weight excluding hydrogens is 244 g/mol. The molecule has 1 atom stereocenters. The molecule has 1 rings (SSSR count). The molecule has 0 bridgehead atoms. The lowest BCUT2D eigenvalue weighted by Gasteiger charge is -2.04. The minimum absolute atomic E-state index is 0.0702. The van der Waals surface area contributed by atoms with Gasteiger partial charge in [-0.2, -0.15) is 0 Å². The predicted molar refractivity (Wildman–Crippen MR) is 71.3 cm³/mol. The van der Waals surface area contributed by atoms with Crippen molar-refractivity contribution >= 4 is 17.7 Å². The second-order valence-corrected chi connectivity index (χ2v) is 4.96. The number of Topliss-reactive ketones (excluding diaryl/α,β-unsaturated/α-hetero) is 1. The van der Waals surface area contributed by atoms with E-state index in [1.54, 1.807) is 0 Å². The fraction of sp³-hybridized carbons (Fsp3) is 0.667. The summed E-state index contributed by atoms with van der Waals surface area (Å²) in [7, 11) is 0. The van der Waals surface area contributed by atoms with E-state index in [-0.39, 0.29) is 12.2 Å². The van der Waals surface area contributed by atoms with Gasteiger partial charge >= 0.3 is 11.9 Å². The molecule has 0 radical (unpaired) electrons. The van der Waals surface area contributed by atoms with Crippen LogP contribution in [0.25, 0.3) is 0 Å². The van der Waals surface area contributed by atoms with Crippen molar-refractivity contribution in [2.45, 2.75) is 57.8 Å². The maximum absolute atomic E-state index is 11.7. The van der Waals surface area contributed by atoms with Crippen LogP contribution in [0, 0.1) is 5.92 Å². The molecule has 0 N–H and O–H groups in total. The Bertz CT molecular complexity index is 346. The minimum Gasteiger partial charge on any atom is -0.393 e. The standard InChI is InChI=1S/C15H22O4/c1-2-3-4-5-6-7-8-9-10-13(16)12-11-14(17)19-15(12)18/h2,12H,1,3-11H2. The fourth-order valence-corrected chi connectivity index (χ4v) is 2.19. The Labute approximate surface area is 114 Å². The summed E-state index contributed by atoms with van der Waals surface area (Å²) in [6.45, 7) is 3.68. The summed E-state index contributed by atoms with van der Waals surface area (Å²) in [6.07, 6.45) is 9.75. The third kappa shape index (κ3) is 5.81. The molecule has 0 spiro atoms. The maximum atomic E-state index is 11.7. The van der Waals surface area contributed by atoms with Crippen LogP contribution < -0.4 is 0 Å². The molecule has 1 saturated heterocycles. The molecule has 0 aromatic rings. The fourth-order valence-electron chi connectivity index (χ4n) is 2.19. The number of esters is 2. The molecule has 0 amide bonds. The number of hydrogen-bond acceptors (Lipinski definition) is 4. The zero-order chi connectivity index (χ0) is 14.1. The van der Waals surface area contributed by atoms with Crippen LogP contribution in [0.4, 0.5) is 0 Å². The van der Waals surface area contributed by atoms with Crippen LogP contribution in [-0.4, -0.2) is 17.7 Å². The lowest BCUT2D eigenvalue weighted by molar-refractivity contribution is -0.153. The summed E-state index contributed by atoms with van der Waals surface area (Å²) in [5, 5.41) is 0. The smallest absolute Gasteiger partial charge is 0.324 e. The van der Waals surface area contributed by atoms with E-state index in [2.05, 4.69) is 11.3 Å². The van der Waals surface area contributed by atoms with E-state index in [1.807, 2.05) is 6.08 Å². The third-order valence-corrected chi connectivity index (χ3v) is 3.34. The van der Waals surface area contributed by atoms with E-state index < -0.39 is 17.9 Å². The van der Waals surface area contributed by atoms with Crippen LogP contribution in [0.1, 0.15) is 57.8 Å². The number of unbranched alkanes of at least 4 members (excludes halogenated alkanes) is 6. The van der Waals surface area contributed by atoms with E-state index in [4.69, 9.17) is 0 Å². The maximum Gasteiger partial charge on any atom is 0.324 e. The Morgan fingerprint density at radius 2 is 1.79 bits per heavy atom. The van der Waals surface area contributed by atoms with Crippen molar-refractivity contribution in [1.29, 1.82) is 0 Å². The van der Waals surface area contributed by atoms with Gasteiger partial charge in [-0.15, -0.1) is 6.58 Å². The molecule has 1 unspecified atom stereocenters. The van der Waals surface area contributed by atoms with Crippen molar-refractivity contribution in [2.24, 2.45) is 5.92 Å². The molecule has 1 heterocycles. The zero-order valence-electron chi connectivity index (χ0n) is 11.4. The van der Waals surface area contributed by atoms with Crippen LogP contribution >= 0.6 is 0 Å². The van der Waals surface area contributed by atoms with Crippen molar-refractivity contribution in [3.63, 3.8) is 0 Å². The van der Waals surface area contributed by atoms with Crippen LogP contribution in [-0.2, 0) is 19.1 Å². The number of allylic oxidation sites excluding steroid dienone is 1. The highest BCUT2D eigenvalue weighted by Gasteiger charge is 2.38. The number of carbonyl (C=O) groups excluding carboxylic acids is 3. The SMILES string of the molecule is C=CCCCCCCCCC(=O)C1CC(=O)OC1=O. The molecule has 0 saturated carbocycles. The molecular formula is C15H22O4. The Morgan fingerprint density at radius 3 is 2.37 bits per heavy atom. The monoisotopic (exact) mass is 266 g/mol. The van der Waals surface area contributed by atoms with Crippen LogP contribution in [0.3, 0.4) is 0 Å². The molecule has 4 heteroatoms. The predicted octanol–water partition coefficient (Wildman–Crippen LogP) is 2.95. The molecule has 0 aliphatic carbocycles. The number of ketones is 1. The van der Waals surface area contributed by atoms with Gasteiger partial charge in [0, 0.05) is 6.42 Å². The first-order valence-corrected chi connectivity index (χ1v) is 7.03. The average Bonchev–Trinajstić information content (AvgIpc) is 2.71. The number of ether oxygens (including phenoxy) is 1. The van der Waals surface area contributed by atoms with Gasteiger partial charge in [-0.3, -0.25) is 14.4 Å². The summed E-state index contributed by atoms with van der Waals surface area (Å²) in [5.41, 5.74) is 0. The van der Waals surface area contributed by atoms with Crippen LogP contribution in [0.2, 0.25) is 0 Å². The largest absolute Gasteiger partial charge is 0.393 e. The lowest BCUT2D eigenvalue weighted by Crippen LogP contribution is -2.18. The summed E-state index contributed by atoms with van der Waals surface area (Å²) < 4.78 is 4.37. The first-order valence-electron chi connectivity index (χ1n) is 7.03.